The van der Waals surface area contributed by atoms with Gasteiger partial charge in [-0.2, -0.15) is 0 Å². The zero-order valence-corrected chi connectivity index (χ0v) is 16.9. The van der Waals surface area contributed by atoms with Crippen LogP contribution in [-0.2, 0) is 20.9 Å². The molecule has 4 rings (SSSR count). The molecule has 0 bridgehead atoms. The van der Waals surface area contributed by atoms with Crippen LogP contribution < -0.4 is 15.5 Å². The maximum Gasteiger partial charge on any atom is 0.414 e. The summed E-state index contributed by atoms with van der Waals surface area (Å²) in [6.45, 7) is 0.905. The van der Waals surface area contributed by atoms with Crippen LogP contribution in [0.15, 0.2) is 53.4 Å². The van der Waals surface area contributed by atoms with E-state index in [1.54, 1.807) is 6.07 Å². The molecule has 2 N–H and O–H groups in total. The Morgan fingerprint density at radius 2 is 2.07 bits per heavy atom. The molecule has 0 spiro atoms. The highest BCUT2D eigenvalue weighted by Gasteiger charge is 2.32. The largest absolute Gasteiger partial charge is 0.445 e. The van der Waals surface area contributed by atoms with Crippen LogP contribution in [0, 0.1) is 0 Å². The Kier molecular flexibility index (Phi) is 6.08. The van der Waals surface area contributed by atoms with Crippen molar-refractivity contribution >= 4 is 41.2 Å². The summed E-state index contributed by atoms with van der Waals surface area (Å²) in [7, 11) is 0. The molecule has 0 aliphatic carbocycles. The maximum absolute atomic E-state index is 12.3. The van der Waals surface area contributed by atoms with Crippen LogP contribution in [0.3, 0.4) is 0 Å². The number of nitrogens with one attached hydrogen (secondary N) is 2. The molecule has 0 radical (unpaired) electrons. The normalized spacial score (nSPS) is 17.7. The molecule has 1 saturated heterocycles. The third-order valence-corrected chi connectivity index (χ3v) is 5.80. The number of thioether (sulfide) groups is 1. The number of alkyl carbamates (subject to hydrolysis) is 1. The SMILES string of the molecule is O=C1CSc2ccc(N3CC(CCNC(=O)OCc4ccccc4)OC3=O)cc2N1. The molecular weight excluding hydrogens is 406 g/mol. The van der Waals surface area contributed by atoms with Gasteiger partial charge in [-0.3, -0.25) is 9.69 Å². The summed E-state index contributed by atoms with van der Waals surface area (Å²) < 4.78 is 10.6. The number of carbonyl (C=O) groups excluding carboxylic acids is 3. The van der Waals surface area contributed by atoms with Crippen molar-refractivity contribution in [2.45, 2.75) is 24.0 Å². The quantitative estimate of drug-likeness (QED) is 0.734. The fourth-order valence-electron chi connectivity index (χ4n) is 3.23. The second-order valence-electron chi connectivity index (χ2n) is 6.91. The zero-order chi connectivity index (χ0) is 20.9. The van der Waals surface area contributed by atoms with E-state index in [0.717, 1.165) is 10.5 Å². The van der Waals surface area contributed by atoms with E-state index in [1.165, 1.54) is 16.7 Å². The number of amides is 3. The molecule has 0 aromatic heterocycles. The number of ether oxygens (including phenoxy) is 2. The lowest BCUT2D eigenvalue weighted by Crippen LogP contribution is -2.29. The monoisotopic (exact) mass is 427 g/mol. The molecule has 2 aliphatic heterocycles. The van der Waals surface area contributed by atoms with Crippen LogP contribution in [0.25, 0.3) is 0 Å². The Balaban J connectivity index is 1.24. The molecule has 3 amide bonds. The fourth-order valence-corrected chi connectivity index (χ4v) is 4.02. The summed E-state index contributed by atoms with van der Waals surface area (Å²) in [5.74, 6) is 0.331. The van der Waals surface area contributed by atoms with Crippen LogP contribution in [0.1, 0.15) is 12.0 Å². The average Bonchev–Trinajstić information content (AvgIpc) is 3.13. The Morgan fingerprint density at radius 3 is 2.90 bits per heavy atom. The Hall–Kier alpha value is -3.20. The van der Waals surface area contributed by atoms with Gasteiger partial charge in [-0.1, -0.05) is 30.3 Å². The van der Waals surface area contributed by atoms with Crippen molar-refractivity contribution in [3.8, 4) is 0 Å². The molecule has 30 heavy (non-hydrogen) atoms. The molecule has 2 aromatic rings. The van der Waals surface area contributed by atoms with Gasteiger partial charge in [0.2, 0.25) is 5.91 Å². The van der Waals surface area contributed by atoms with Gasteiger partial charge in [0, 0.05) is 23.5 Å². The number of hydrogen-bond acceptors (Lipinski definition) is 6. The van der Waals surface area contributed by atoms with Crippen molar-refractivity contribution in [1.29, 1.82) is 0 Å². The molecule has 2 aromatic carbocycles. The van der Waals surface area contributed by atoms with Gasteiger partial charge in [-0.15, -0.1) is 11.8 Å². The molecule has 8 nitrogen and oxygen atoms in total. The number of cyclic esters (lactones) is 1. The van der Waals surface area contributed by atoms with Gasteiger partial charge in [0.05, 0.1) is 18.0 Å². The number of benzene rings is 2. The third kappa shape index (κ3) is 4.85. The first-order chi connectivity index (χ1) is 14.6. The predicted octanol–water partition coefficient (Wildman–Crippen LogP) is 3.37. The molecule has 156 valence electrons. The molecule has 2 aliphatic rings. The van der Waals surface area contributed by atoms with E-state index in [2.05, 4.69) is 10.6 Å². The predicted molar refractivity (Wildman–Crippen MR) is 113 cm³/mol. The molecule has 9 heteroatoms. The van der Waals surface area contributed by atoms with Gasteiger partial charge in [0.25, 0.3) is 0 Å². The molecular formula is C21H21N3O5S. The summed E-state index contributed by atoms with van der Waals surface area (Å²) in [5, 5.41) is 5.49. The summed E-state index contributed by atoms with van der Waals surface area (Å²) in [4.78, 5) is 38.2. The second-order valence-corrected chi connectivity index (χ2v) is 7.93. The topological polar surface area (TPSA) is 97.0 Å². The van der Waals surface area contributed by atoms with E-state index in [-0.39, 0.29) is 18.6 Å². The van der Waals surface area contributed by atoms with E-state index in [4.69, 9.17) is 9.47 Å². The van der Waals surface area contributed by atoms with E-state index < -0.39 is 12.2 Å². The highest BCUT2D eigenvalue weighted by molar-refractivity contribution is 8.00. The first kappa shape index (κ1) is 20.1. The highest BCUT2D eigenvalue weighted by atomic mass is 32.2. The Morgan fingerprint density at radius 1 is 1.23 bits per heavy atom. The first-order valence-corrected chi connectivity index (χ1v) is 10.6. The molecule has 0 saturated carbocycles. The average molecular weight is 427 g/mol. The van der Waals surface area contributed by atoms with Gasteiger partial charge in [0.15, 0.2) is 0 Å². The van der Waals surface area contributed by atoms with Gasteiger partial charge < -0.3 is 20.1 Å². The van der Waals surface area contributed by atoms with E-state index >= 15 is 0 Å². The summed E-state index contributed by atoms with van der Waals surface area (Å²) >= 11 is 1.47. The van der Waals surface area contributed by atoms with Gasteiger partial charge in [-0.05, 0) is 23.8 Å². The summed E-state index contributed by atoms with van der Waals surface area (Å²) in [5.41, 5.74) is 2.28. The Labute approximate surface area is 177 Å². The van der Waals surface area contributed by atoms with Crippen molar-refractivity contribution in [1.82, 2.24) is 5.32 Å². The van der Waals surface area contributed by atoms with Gasteiger partial charge in [-0.25, -0.2) is 9.59 Å². The van der Waals surface area contributed by atoms with E-state index in [9.17, 15) is 14.4 Å². The van der Waals surface area contributed by atoms with Crippen molar-refractivity contribution in [2.75, 3.05) is 29.1 Å². The van der Waals surface area contributed by atoms with Crippen LogP contribution in [0.2, 0.25) is 0 Å². The van der Waals surface area contributed by atoms with Crippen molar-refractivity contribution in [3.05, 3.63) is 54.1 Å². The van der Waals surface area contributed by atoms with Crippen molar-refractivity contribution < 1.29 is 23.9 Å². The van der Waals surface area contributed by atoms with E-state index in [1.807, 2.05) is 42.5 Å². The number of carbonyl (C=O) groups is 3. The molecule has 2 heterocycles. The number of anilines is 2. The molecule has 1 fully saturated rings. The fraction of sp³-hybridized carbons (Fsp3) is 0.286. The number of rotatable bonds is 6. The smallest absolute Gasteiger partial charge is 0.414 e. The first-order valence-electron chi connectivity index (χ1n) is 9.58. The van der Waals surface area contributed by atoms with Crippen LogP contribution in [-0.4, -0.2) is 43.0 Å². The Bertz CT molecular complexity index is 953. The van der Waals surface area contributed by atoms with E-state index in [0.29, 0.717) is 36.6 Å². The number of hydrogen-bond donors (Lipinski definition) is 2. The van der Waals surface area contributed by atoms with Crippen LogP contribution in [0.4, 0.5) is 21.0 Å². The highest BCUT2D eigenvalue weighted by Crippen LogP contribution is 2.35. The lowest BCUT2D eigenvalue weighted by Gasteiger charge is -2.20. The lowest BCUT2D eigenvalue weighted by molar-refractivity contribution is -0.113. The minimum absolute atomic E-state index is 0.0586. The van der Waals surface area contributed by atoms with Gasteiger partial charge in [0.1, 0.15) is 12.7 Å². The van der Waals surface area contributed by atoms with Crippen LogP contribution >= 0.6 is 11.8 Å². The van der Waals surface area contributed by atoms with Crippen LogP contribution in [0.5, 0.6) is 0 Å². The summed E-state index contributed by atoms with van der Waals surface area (Å²) in [6.07, 6.45) is -0.823. The van der Waals surface area contributed by atoms with Crippen molar-refractivity contribution in [3.63, 3.8) is 0 Å². The standard InChI is InChI=1S/C21H21N3O5S/c25-19-13-30-18-7-6-15(10-17(18)23-19)24-11-16(29-21(24)27)8-9-22-20(26)28-12-14-4-2-1-3-5-14/h1-7,10,16H,8-9,11-13H2,(H,22,26)(H,23,25). The number of fused-ring (bicyclic) bond motifs is 1. The maximum atomic E-state index is 12.3. The molecule has 1 unspecified atom stereocenters. The van der Waals surface area contributed by atoms with Crippen molar-refractivity contribution in [2.24, 2.45) is 0 Å². The van der Waals surface area contributed by atoms with Gasteiger partial charge >= 0.3 is 12.2 Å². The lowest BCUT2D eigenvalue weighted by atomic mass is 10.2. The minimum Gasteiger partial charge on any atom is -0.445 e. The zero-order valence-electron chi connectivity index (χ0n) is 16.1. The molecule has 1 atom stereocenters. The minimum atomic E-state index is -0.511. The number of nitrogens with zero attached hydrogens (tertiary/aromatic N) is 1. The second kappa shape index (κ2) is 9.08. The third-order valence-electron chi connectivity index (χ3n) is 4.73. The summed E-state index contributed by atoms with van der Waals surface area (Å²) in [6, 6.07) is 14.9.